The van der Waals surface area contributed by atoms with E-state index in [-0.39, 0.29) is 11.9 Å². The lowest BCUT2D eigenvalue weighted by atomic mass is 10.1. The Balaban J connectivity index is 1.42. The zero-order chi connectivity index (χ0) is 25.8. The molecule has 8 heteroatoms. The first kappa shape index (κ1) is 24.9. The zero-order valence-electron chi connectivity index (χ0n) is 20.7. The van der Waals surface area contributed by atoms with Crippen LogP contribution in [0.5, 0.6) is 0 Å². The van der Waals surface area contributed by atoms with Crippen molar-refractivity contribution >= 4 is 17.7 Å². The minimum absolute atomic E-state index is 0.0437. The van der Waals surface area contributed by atoms with Crippen molar-refractivity contribution in [2.75, 3.05) is 31.6 Å². The molecule has 1 N–H and O–H groups in total. The number of benzene rings is 2. The fourth-order valence-electron chi connectivity index (χ4n) is 4.54. The Kier molecular flexibility index (Phi) is 7.32. The van der Waals surface area contributed by atoms with E-state index in [4.69, 9.17) is 5.26 Å². The summed E-state index contributed by atoms with van der Waals surface area (Å²) in [5.41, 5.74) is 5.14. The third kappa shape index (κ3) is 5.37. The van der Waals surface area contributed by atoms with Crippen molar-refractivity contribution in [1.29, 1.82) is 5.26 Å². The molecule has 36 heavy (non-hydrogen) atoms. The van der Waals surface area contributed by atoms with Crippen molar-refractivity contribution in [3.63, 3.8) is 0 Å². The fraction of sp³-hybridized carbons (Fsp3) is 0.286. The van der Waals surface area contributed by atoms with Crippen molar-refractivity contribution in [3.05, 3.63) is 83.0 Å². The van der Waals surface area contributed by atoms with E-state index in [0.717, 1.165) is 23.4 Å². The molecule has 0 aliphatic carbocycles. The number of carbonyl (C=O) groups excluding carboxylic acids is 1. The summed E-state index contributed by atoms with van der Waals surface area (Å²) >= 11 is 0. The summed E-state index contributed by atoms with van der Waals surface area (Å²) in [5, 5.41) is 18.4. The Morgan fingerprint density at radius 1 is 1.14 bits per heavy atom. The fourth-order valence-corrected chi connectivity index (χ4v) is 4.54. The van der Waals surface area contributed by atoms with Gasteiger partial charge in [0.25, 0.3) is 5.91 Å². The Hall–Kier alpha value is -4.22. The van der Waals surface area contributed by atoms with E-state index >= 15 is 0 Å². The highest BCUT2D eigenvalue weighted by Crippen LogP contribution is 2.23. The van der Waals surface area contributed by atoms with E-state index in [1.807, 2.05) is 50.2 Å². The number of rotatable bonds is 5. The van der Waals surface area contributed by atoms with Gasteiger partial charge in [0.15, 0.2) is 0 Å². The van der Waals surface area contributed by atoms with Gasteiger partial charge in [0.1, 0.15) is 0 Å². The summed E-state index contributed by atoms with van der Waals surface area (Å²) in [4.78, 5) is 34.4. The lowest BCUT2D eigenvalue weighted by molar-refractivity contribution is 0.0711. The Labute approximate surface area is 211 Å². The highest BCUT2D eigenvalue weighted by molar-refractivity contribution is 6.06. The van der Waals surface area contributed by atoms with Crippen molar-refractivity contribution in [3.8, 4) is 17.3 Å². The molecular weight excluding hydrogens is 454 g/mol. The highest BCUT2D eigenvalue weighted by atomic mass is 16.4. The Morgan fingerprint density at radius 3 is 2.53 bits per heavy atom. The van der Waals surface area contributed by atoms with Gasteiger partial charge in [-0.05, 0) is 55.8 Å². The van der Waals surface area contributed by atoms with Crippen molar-refractivity contribution in [2.24, 2.45) is 0 Å². The van der Waals surface area contributed by atoms with Gasteiger partial charge in [-0.3, -0.25) is 14.7 Å². The molecule has 0 saturated carbocycles. The van der Waals surface area contributed by atoms with Gasteiger partial charge in [-0.1, -0.05) is 24.3 Å². The number of anilines is 1. The monoisotopic (exact) mass is 483 g/mol. The smallest absolute Gasteiger partial charge is 0.407 e. The average Bonchev–Trinajstić information content (AvgIpc) is 2.88. The van der Waals surface area contributed by atoms with Crippen LogP contribution in [-0.2, 0) is 6.54 Å². The number of nitriles is 1. The van der Waals surface area contributed by atoms with Crippen molar-refractivity contribution in [2.45, 2.75) is 26.4 Å². The van der Waals surface area contributed by atoms with Crippen molar-refractivity contribution < 1.29 is 14.7 Å². The normalized spacial score (nSPS) is 15.8. The number of aryl methyl sites for hydroxylation is 1. The van der Waals surface area contributed by atoms with Crippen LogP contribution in [0.15, 0.2) is 60.7 Å². The predicted molar refractivity (Wildman–Crippen MR) is 138 cm³/mol. The quantitative estimate of drug-likeness (QED) is 0.578. The number of carbonyl (C=O) groups is 2. The molecule has 1 fully saturated rings. The maximum absolute atomic E-state index is 13.2. The van der Waals surface area contributed by atoms with Crippen LogP contribution in [0.4, 0.5) is 10.5 Å². The van der Waals surface area contributed by atoms with Crippen LogP contribution >= 0.6 is 0 Å². The topological polar surface area (TPSA) is 101 Å². The summed E-state index contributed by atoms with van der Waals surface area (Å²) < 4.78 is 0. The molecule has 0 bridgehead atoms. The minimum Gasteiger partial charge on any atom is -0.465 e. The molecule has 8 nitrogen and oxygen atoms in total. The molecule has 2 heterocycles. The van der Waals surface area contributed by atoms with Gasteiger partial charge in [0.05, 0.1) is 28.6 Å². The molecule has 0 unspecified atom stereocenters. The van der Waals surface area contributed by atoms with Gasteiger partial charge in [-0.15, -0.1) is 0 Å². The number of nitrogens with zero attached hydrogens (tertiary/aromatic N) is 5. The molecule has 1 aliphatic heterocycles. The zero-order valence-corrected chi connectivity index (χ0v) is 20.7. The SMILES string of the molecule is Cc1nc(-c2cccc(C#N)c2)ccc1C(=O)N(C)c1ccc(CN2CCN(C(=O)O)[C@@H](C)C2)cc1. The summed E-state index contributed by atoms with van der Waals surface area (Å²) in [6.07, 6.45) is -0.868. The lowest BCUT2D eigenvalue weighted by Gasteiger charge is -2.38. The van der Waals surface area contributed by atoms with Gasteiger partial charge in [-0.2, -0.15) is 5.26 Å². The standard InChI is InChI=1S/C28H29N5O3/c1-19-17-32(13-14-33(19)28(35)36)18-21-7-9-24(10-8-21)31(3)27(34)25-11-12-26(30-20(25)2)23-6-4-5-22(15-23)16-29/h4-12,15,19H,13-14,17-18H2,1-3H3,(H,35,36)/t19-/m0/s1. The summed E-state index contributed by atoms with van der Waals surface area (Å²) in [7, 11) is 1.74. The number of carboxylic acid groups (broad SMARTS) is 1. The van der Waals surface area contributed by atoms with Gasteiger partial charge in [0.2, 0.25) is 0 Å². The molecule has 3 aromatic rings. The highest BCUT2D eigenvalue weighted by Gasteiger charge is 2.27. The van der Waals surface area contributed by atoms with E-state index in [0.29, 0.717) is 42.1 Å². The first-order chi connectivity index (χ1) is 17.3. The predicted octanol–water partition coefficient (Wildman–Crippen LogP) is 4.39. The van der Waals surface area contributed by atoms with Gasteiger partial charge < -0.3 is 14.9 Å². The molecule has 1 aromatic heterocycles. The Bertz CT molecular complexity index is 1320. The molecule has 2 aromatic carbocycles. The number of hydrogen-bond donors (Lipinski definition) is 1. The lowest BCUT2D eigenvalue weighted by Crippen LogP contribution is -2.53. The second-order valence-electron chi connectivity index (χ2n) is 9.11. The van der Waals surface area contributed by atoms with Crippen LogP contribution in [0.2, 0.25) is 0 Å². The average molecular weight is 484 g/mol. The molecule has 2 amide bonds. The number of aromatic nitrogens is 1. The van der Waals surface area contributed by atoms with E-state index in [2.05, 4.69) is 16.0 Å². The van der Waals surface area contributed by atoms with E-state index in [1.165, 1.54) is 4.90 Å². The van der Waals surface area contributed by atoms with Crippen LogP contribution in [-0.4, -0.2) is 64.6 Å². The van der Waals surface area contributed by atoms with Gasteiger partial charge in [-0.25, -0.2) is 4.79 Å². The summed E-state index contributed by atoms with van der Waals surface area (Å²) in [6, 6.07) is 20.8. The molecule has 1 aliphatic rings. The second kappa shape index (κ2) is 10.6. The van der Waals surface area contributed by atoms with E-state index < -0.39 is 6.09 Å². The maximum Gasteiger partial charge on any atom is 0.407 e. The molecule has 0 spiro atoms. The number of pyridine rings is 1. The molecule has 1 atom stereocenters. The number of amides is 2. The van der Waals surface area contributed by atoms with Crippen LogP contribution in [0.25, 0.3) is 11.3 Å². The van der Waals surface area contributed by atoms with Crippen molar-refractivity contribution in [1.82, 2.24) is 14.8 Å². The number of piperazine rings is 1. The van der Waals surface area contributed by atoms with Gasteiger partial charge >= 0.3 is 6.09 Å². The van der Waals surface area contributed by atoms with Crippen LogP contribution in [0.1, 0.15) is 34.1 Å². The molecule has 0 radical (unpaired) electrons. The number of hydrogen-bond acceptors (Lipinski definition) is 5. The molecule has 184 valence electrons. The summed E-state index contributed by atoms with van der Waals surface area (Å²) in [6.45, 7) is 6.36. The third-order valence-corrected chi connectivity index (χ3v) is 6.60. The van der Waals surface area contributed by atoms with E-state index in [9.17, 15) is 14.7 Å². The Morgan fingerprint density at radius 2 is 1.89 bits per heavy atom. The van der Waals surface area contributed by atoms with Crippen LogP contribution in [0, 0.1) is 18.3 Å². The molecule has 4 rings (SSSR count). The summed E-state index contributed by atoms with van der Waals surface area (Å²) in [5.74, 6) is -0.149. The third-order valence-electron chi connectivity index (χ3n) is 6.60. The minimum atomic E-state index is -0.868. The van der Waals surface area contributed by atoms with E-state index in [1.54, 1.807) is 36.2 Å². The largest absolute Gasteiger partial charge is 0.465 e. The first-order valence-corrected chi connectivity index (χ1v) is 11.8. The molecule has 1 saturated heterocycles. The molecular formula is C28H29N5O3. The van der Waals surface area contributed by atoms with Crippen LogP contribution in [0.3, 0.4) is 0 Å². The maximum atomic E-state index is 13.2. The first-order valence-electron chi connectivity index (χ1n) is 11.8. The van der Waals surface area contributed by atoms with Gasteiger partial charge in [0, 0.05) is 50.5 Å². The van der Waals surface area contributed by atoms with Crippen LogP contribution < -0.4 is 4.90 Å². The second-order valence-corrected chi connectivity index (χ2v) is 9.11.